The fourth-order valence-electron chi connectivity index (χ4n) is 1.45. The molecular weight excluding hydrogens is 256 g/mol. The van der Waals surface area contributed by atoms with Crippen molar-refractivity contribution in [1.82, 2.24) is 5.32 Å². The second-order valence-electron chi connectivity index (χ2n) is 4.95. The standard InChI is InChI=1S/C15H20N2O3/c1-10(2)14(18)9-17-15(19)11(3)20-13-6-4-12(8-16)5-7-13/h4-7,10-11,14,18H,9H2,1-3H3,(H,17,19). The summed E-state index contributed by atoms with van der Waals surface area (Å²) in [5.41, 5.74) is 0.537. The summed E-state index contributed by atoms with van der Waals surface area (Å²) in [5.74, 6) is 0.329. The van der Waals surface area contributed by atoms with Crippen molar-refractivity contribution in [1.29, 1.82) is 5.26 Å². The smallest absolute Gasteiger partial charge is 0.260 e. The zero-order valence-electron chi connectivity index (χ0n) is 12.0. The third-order valence-corrected chi connectivity index (χ3v) is 2.92. The molecule has 5 nitrogen and oxygen atoms in total. The molecule has 0 aliphatic heterocycles. The highest BCUT2D eigenvalue weighted by molar-refractivity contribution is 5.80. The van der Waals surface area contributed by atoms with Crippen molar-refractivity contribution in [2.24, 2.45) is 5.92 Å². The van der Waals surface area contributed by atoms with Crippen LogP contribution in [0.2, 0.25) is 0 Å². The Morgan fingerprint density at radius 2 is 1.95 bits per heavy atom. The first kappa shape index (κ1) is 16.0. The summed E-state index contributed by atoms with van der Waals surface area (Å²) in [4.78, 5) is 11.8. The molecule has 2 unspecified atom stereocenters. The number of carbonyl (C=O) groups is 1. The highest BCUT2D eigenvalue weighted by atomic mass is 16.5. The number of hydrogen-bond acceptors (Lipinski definition) is 4. The predicted octanol–water partition coefficient (Wildman–Crippen LogP) is 1.46. The third-order valence-electron chi connectivity index (χ3n) is 2.92. The molecule has 1 rings (SSSR count). The van der Waals surface area contributed by atoms with Gasteiger partial charge in [-0.1, -0.05) is 13.8 Å². The second-order valence-corrected chi connectivity index (χ2v) is 4.95. The Morgan fingerprint density at radius 1 is 1.35 bits per heavy atom. The lowest BCUT2D eigenvalue weighted by atomic mass is 10.1. The van der Waals surface area contributed by atoms with Crippen LogP contribution in [0, 0.1) is 17.2 Å². The van der Waals surface area contributed by atoms with Crippen molar-refractivity contribution >= 4 is 5.91 Å². The Morgan fingerprint density at radius 3 is 2.45 bits per heavy atom. The number of aliphatic hydroxyl groups excluding tert-OH is 1. The monoisotopic (exact) mass is 276 g/mol. The molecule has 0 bridgehead atoms. The minimum absolute atomic E-state index is 0.0880. The molecule has 0 heterocycles. The lowest BCUT2D eigenvalue weighted by Crippen LogP contribution is -2.41. The number of hydrogen-bond donors (Lipinski definition) is 2. The lowest BCUT2D eigenvalue weighted by molar-refractivity contribution is -0.127. The van der Waals surface area contributed by atoms with E-state index >= 15 is 0 Å². The molecule has 0 aliphatic carbocycles. The molecule has 108 valence electrons. The SMILES string of the molecule is CC(Oc1ccc(C#N)cc1)C(=O)NCC(O)C(C)C. The number of nitrogens with one attached hydrogen (secondary N) is 1. The van der Waals surface area contributed by atoms with Gasteiger partial charge in [-0.05, 0) is 37.1 Å². The van der Waals surface area contributed by atoms with Gasteiger partial charge in [0.25, 0.3) is 5.91 Å². The van der Waals surface area contributed by atoms with Crippen LogP contribution in [0.25, 0.3) is 0 Å². The first-order valence-corrected chi connectivity index (χ1v) is 6.56. The average Bonchev–Trinajstić information content (AvgIpc) is 2.44. The van der Waals surface area contributed by atoms with E-state index in [1.807, 2.05) is 19.9 Å². The second kappa shape index (κ2) is 7.51. The molecule has 0 saturated carbocycles. The number of nitriles is 1. The van der Waals surface area contributed by atoms with Gasteiger partial charge in [0.2, 0.25) is 0 Å². The molecule has 0 saturated heterocycles. The first-order chi connectivity index (χ1) is 9.43. The molecule has 0 spiro atoms. The van der Waals surface area contributed by atoms with E-state index in [9.17, 15) is 9.90 Å². The van der Waals surface area contributed by atoms with Crippen molar-refractivity contribution in [2.45, 2.75) is 33.0 Å². The minimum Gasteiger partial charge on any atom is -0.481 e. The summed E-state index contributed by atoms with van der Waals surface area (Å²) in [7, 11) is 0. The Bertz CT molecular complexity index is 477. The van der Waals surface area contributed by atoms with E-state index in [1.54, 1.807) is 31.2 Å². The van der Waals surface area contributed by atoms with Gasteiger partial charge in [0.1, 0.15) is 5.75 Å². The molecule has 5 heteroatoms. The van der Waals surface area contributed by atoms with E-state index in [0.29, 0.717) is 11.3 Å². The quantitative estimate of drug-likeness (QED) is 0.824. The number of aliphatic hydroxyl groups is 1. The molecule has 1 amide bonds. The maximum absolute atomic E-state index is 11.8. The van der Waals surface area contributed by atoms with E-state index in [2.05, 4.69) is 5.32 Å². The number of carbonyl (C=O) groups excluding carboxylic acids is 1. The van der Waals surface area contributed by atoms with Gasteiger partial charge >= 0.3 is 0 Å². The van der Waals surface area contributed by atoms with Crippen LogP contribution in [0.5, 0.6) is 5.75 Å². The van der Waals surface area contributed by atoms with Crippen LogP contribution in [0.1, 0.15) is 26.3 Å². The van der Waals surface area contributed by atoms with E-state index < -0.39 is 12.2 Å². The van der Waals surface area contributed by atoms with Crippen LogP contribution in [-0.2, 0) is 4.79 Å². The summed E-state index contributed by atoms with van der Waals surface area (Å²) in [6.07, 6.45) is -1.23. The van der Waals surface area contributed by atoms with Gasteiger partial charge in [-0.2, -0.15) is 5.26 Å². The Balaban J connectivity index is 2.47. The molecular formula is C15H20N2O3. The lowest BCUT2D eigenvalue weighted by Gasteiger charge is -2.18. The Labute approximate surface area is 119 Å². The highest BCUT2D eigenvalue weighted by Gasteiger charge is 2.17. The fraction of sp³-hybridized carbons (Fsp3) is 0.467. The van der Waals surface area contributed by atoms with Crippen molar-refractivity contribution in [3.63, 3.8) is 0 Å². The summed E-state index contributed by atoms with van der Waals surface area (Å²) in [6, 6.07) is 8.55. The molecule has 2 N–H and O–H groups in total. The van der Waals surface area contributed by atoms with Gasteiger partial charge in [-0.3, -0.25) is 4.79 Å². The van der Waals surface area contributed by atoms with Gasteiger partial charge in [0.15, 0.2) is 6.10 Å². The molecule has 0 aromatic heterocycles. The average molecular weight is 276 g/mol. The zero-order chi connectivity index (χ0) is 15.1. The molecule has 0 aliphatic rings. The van der Waals surface area contributed by atoms with Crippen LogP contribution < -0.4 is 10.1 Å². The van der Waals surface area contributed by atoms with Crippen molar-refractivity contribution < 1.29 is 14.6 Å². The molecule has 1 aromatic carbocycles. The Hall–Kier alpha value is -2.06. The van der Waals surface area contributed by atoms with Gasteiger partial charge in [-0.15, -0.1) is 0 Å². The van der Waals surface area contributed by atoms with Crippen molar-refractivity contribution in [2.75, 3.05) is 6.54 Å². The maximum atomic E-state index is 11.8. The Kier molecular flexibility index (Phi) is 6.01. The highest BCUT2D eigenvalue weighted by Crippen LogP contribution is 2.13. The number of rotatable bonds is 6. The van der Waals surface area contributed by atoms with Gasteiger partial charge in [-0.25, -0.2) is 0 Å². The molecule has 0 fully saturated rings. The summed E-state index contributed by atoms with van der Waals surface area (Å²) in [6.45, 7) is 5.61. The van der Waals surface area contributed by atoms with Crippen molar-refractivity contribution in [3.05, 3.63) is 29.8 Å². The van der Waals surface area contributed by atoms with E-state index in [0.717, 1.165) is 0 Å². The van der Waals surface area contributed by atoms with Crippen LogP contribution in [0.3, 0.4) is 0 Å². The van der Waals surface area contributed by atoms with E-state index in [-0.39, 0.29) is 18.4 Å². The van der Waals surface area contributed by atoms with Crippen LogP contribution in [0.4, 0.5) is 0 Å². The van der Waals surface area contributed by atoms with Gasteiger partial charge < -0.3 is 15.2 Å². The zero-order valence-corrected chi connectivity index (χ0v) is 12.0. The largest absolute Gasteiger partial charge is 0.481 e. The molecule has 0 radical (unpaired) electrons. The molecule has 20 heavy (non-hydrogen) atoms. The number of nitrogens with zero attached hydrogens (tertiary/aromatic N) is 1. The third kappa shape index (κ3) is 4.90. The molecule has 1 aromatic rings. The topological polar surface area (TPSA) is 82.3 Å². The van der Waals surface area contributed by atoms with Gasteiger partial charge in [0, 0.05) is 6.54 Å². The number of ether oxygens (including phenoxy) is 1. The van der Waals surface area contributed by atoms with Crippen molar-refractivity contribution in [3.8, 4) is 11.8 Å². The first-order valence-electron chi connectivity index (χ1n) is 6.56. The summed E-state index contributed by atoms with van der Waals surface area (Å²) >= 11 is 0. The van der Waals surface area contributed by atoms with E-state index in [4.69, 9.17) is 10.00 Å². The minimum atomic E-state index is -0.665. The van der Waals surface area contributed by atoms with Crippen LogP contribution in [0.15, 0.2) is 24.3 Å². The summed E-state index contributed by atoms with van der Waals surface area (Å²) < 4.78 is 5.47. The number of amides is 1. The summed E-state index contributed by atoms with van der Waals surface area (Å²) in [5, 5.41) is 20.9. The molecule has 2 atom stereocenters. The van der Waals surface area contributed by atoms with Crippen LogP contribution >= 0.6 is 0 Å². The normalized spacial score (nSPS) is 13.4. The van der Waals surface area contributed by atoms with E-state index in [1.165, 1.54) is 0 Å². The number of benzene rings is 1. The maximum Gasteiger partial charge on any atom is 0.260 e. The predicted molar refractivity (Wildman–Crippen MR) is 75.1 cm³/mol. The van der Waals surface area contributed by atoms with Crippen LogP contribution in [-0.4, -0.2) is 29.8 Å². The fourth-order valence-corrected chi connectivity index (χ4v) is 1.45. The van der Waals surface area contributed by atoms with Gasteiger partial charge in [0.05, 0.1) is 17.7 Å².